The van der Waals surface area contributed by atoms with Crippen LogP contribution in [0.3, 0.4) is 0 Å². The topological polar surface area (TPSA) is 196 Å². The maximum Gasteiger partial charge on any atom is -0.0623 e. The molecular weight excluding hydrogens is 1960 g/mol. The Hall–Kier alpha value is -13.6. The summed E-state index contributed by atoms with van der Waals surface area (Å²) in [5.74, 6) is -2.30. The molecule has 2 saturated heterocycles. The van der Waals surface area contributed by atoms with E-state index < -0.39 is 41.8 Å². The molecule has 2 saturated carbocycles. The van der Waals surface area contributed by atoms with Crippen LogP contribution in [-0.2, 0) is 48.4 Å². The summed E-state index contributed by atoms with van der Waals surface area (Å²) < 4.78 is 11.7. The second kappa shape index (κ2) is 43.0. The van der Waals surface area contributed by atoms with Crippen molar-refractivity contribution in [3.8, 4) is 22.3 Å². The zero-order chi connectivity index (χ0) is 98.9. The number of ketones is 3. The van der Waals surface area contributed by atoms with Crippen LogP contribution in [0.4, 0.5) is 17.1 Å². The van der Waals surface area contributed by atoms with E-state index in [1.54, 1.807) is 48.5 Å². The Balaban J connectivity index is 0.000000152. The molecule has 0 spiro atoms. The second-order valence-electron chi connectivity index (χ2n) is 36.3. The molecule has 5 aliphatic carbocycles. The number of nitrogens with zero attached hydrogens (tertiary/aromatic N) is 4. The van der Waals surface area contributed by atoms with Crippen LogP contribution in [-0.4, -0.2) is 94.0 Å². The summed E-state index contributed by atoms with van der Waals surface area (Å²) in [5.41, 5.74) is 13.5. The van der Waals surface area contributed by atoms with Gasteiger partial charge < -0.3 is 9.64 Å². The van der Waals surface area contributed by atoms with Crippen LogP contribution in [0.15, 0.2) is 385 Å². The van der Waals surface area contributed by atoms with Crippen molar-refractivity contribution >= 4 is 143 Å². The number of imide groups is 3. The number of Topliss-reactive ketones (excluding diaryl/α,β-unsaturated/α-hetero) is 3. The summed E-state index contributed by atoms with van der Waals surface area (Å²) in [6, 6.07) is 120. The molecule has 13 aromatic rings. The number of allylic oxidation sites excluding steroid dienone is 6. The number of anilines is 3. The van der Waals surface area contributed by atoms with Crippen molar-refractivity contribution in [2.45, 2.75) is 105 Å². The third-order valence-electron chi connectivity index (χ3n) is 29.3. The summed E-state index contributed by atoms with van der Waals surface area (Å²) >= 11 is 4.00. The molecule has 15 nitrogen and oxygen atoms in total. The van der Waals surface area contributed by atoms with E-state index in [1.807, 2.05) is 306 Å². The van der Waals surface area contributed by atoms with E-state index in [0.29, 0.717) is 31.8 Å². The fourth-order valence-electron chi connectivity index (χ4n) is 23.2. The molecule has 4 aliphatic heterocycles. The Morgan fingerprint density at radius 1 is 0.371 bits per heavy atom. The van der Waals surface area contributed by atoms with Crippen LogP contribution < -0.4 is 14.7 Å². The van der Waals surface area contributed by atoms with Gasteiger partial charge in [0.15, 0.2) is 17.3 Å². The van der Waals surface area contributed by atoms with E-state index in [0.717, 1.165) is 113 Å². The van der Waals surface area contributed by atoms with Gasteiger partial charge in [0.25, 0.3) is 29.5 Å². The normalized spacial score (nSPS) is 22.8. The van der Waals surface area contributed by atoms with Crippen molar-refractivity contribution in [1.82, 2.24) is 4.90 Å². The van der Waals surface area contributed by atoms with E-state index in [1.165, 1.54) is 53.3 Å². The van der Waals surface area contributed by atoms with Crippen molar-refractivity contribution in [3.63, 3.8) is 0 Å². The zero-order valence-corrected chi connectivity index (χ0v) is 84.2. The number of benzene rings is 13. The molecule has 22 rings (SSSR count). The van der Waals surface area contributed by atoms with Crippen molar-refractivity contribution in [2.24, 2.45) is 33.0 Å². The number of hydrogen-bond donors (Lipinski definition) is 0. The Labute approximate surface area is 850 Å². The molecule has 13 aromatic carbocycles. The van der Waals surface area contributed by atoms with Gasteiger partial charge in [-0.15, -0.1) is 0 Å². The third-order valence-corrected chi connectivity index (χ3v) is 32.3. The number of para-hydroxylation sites is 3. The van der Waals surface area contributed by atoms with E-state index >= 15 is 4.79 Å². The number of rotatable bonds is 14. The first kappa shape index (κ1) is 102. The quantitative estimate of drug-likeness (QED) is 0.0330. The van der Waals surface area contributed by atoms with E-state index in [-0.39, 0.29) is 61.6 Å². The maximum atomic E-state index is 15.4. The molecule has 6 amide bonds. The summed E-state index contributed by atoms with van der Waals surface area (Å²) in [6.45, 7) is 32.5. The van der Waals surface area contributed by atoms with Crippen LogP contribution in [0, 0.1) is 53.5 Å². The monoisotopic (exact) mass is 2080 g/mol. The number of carbonyl (C=O) groups is 9. The first-order valence-electron chi connectivity index (χ1n) is 47.0. The van der Waals surface area contributed by atoms with Gasteiger partial charge in [0, 0.05) is 20.7 Å². The Morgan fingerprint density at radius 3 is 1.00 bits per heavy atom. The van der Waals surface area contributed by atoms with Crippen molar-refractivity contribution in [3.05, 3.63) is 448 Å². The smallest absolute Gasteiger partial charge is 0.0623 e. The number of fused-ring (bicyclic) bond motifs is 11. The maximum absolute atomic E-state index is 15.4. The molecule has 4 heterocycles. The number of halogens is 2. The van der Waals surface area contributed by atoms with Crippen LogP contribution in [0.25, 0.3) is 50.1 Å². The van der Waals surface area contributed by atoms with Gasteiger partial charge >= 0.3 is 11.3 Å². The Kier molecular flexibility index (Phi) is 31.4. The van der Waals surface area contributed by atoms with Crippen LogP contribution in [0.2, 0.25) is 0 Å². The fraction of sp³-hybridized carbons (Fsp3) is 0.220. The second-order valence-corrected chi connectivity index (χ2v) is 39.1. The molecule has 0 N–H and O–H groups in total. The molecule has 0 aromatic heterocycles. The molecule has 8 atom stereocenters. The third kappa shape index (κ3) is 16.8. The zero-order valence-electron chi connectivity index (χ0n) is 79.9. The standard InChI is InChI=1S/C38H32O2.C29H22INO3.C28H21NO2.C10H6INO2.C6H15N.C6H6.C4H8O.CO.CH4.H2/c1-25-30(26-17-9-5-10-18-26)38(29-23-15-8-16-24-29)36(3)32(28-21-13-7-14-22-28)31(27-19-11-6-12-20-27)35(2,34(36)40)37(38,4)33(25)39;1-27-21(18-12-6-3-7-13-18)22(19-14-8-4-9-15-19)28(2,25(27)33)29(30)23(27)24(32)31(26(29)34)20-16-10-5-11-17-20;1-18-23(20-12-6-3-7-13-20)24(21-14-8-4-9-15-21)19(2)26-25(18)27(30)29(28(26)31)22-16-10-5-11-17-22;11-8-6-9(13)12(10(8)14)7-4-2-1-3-5-7;1-4-7(5-2)6-3;1-2-4-6-5-3-1;1-2-4-5-3-1;1-2;;/h5-24H,1-4H3;3-17,23H,1-2H3;3-17H,1-2H3;1-6H;4-6H2,1-3H3;1-6H;1-4H2;;1H4;1H/i;;;;;;;;;1+1. The molecular formula is C123H116I2N4O11. The van der Waals surface area contributed by atoms with E-state index in [2.05, 4.69) is 148 Å². The minimum Gasteiger partial charge on any atom is -0.0623 e. The van der Waals surface area contributed by atoms with Crippen LogP contribution >= 0.6 is 45.2 Å². The largest absolute Gasteiger partial charge is 0.0623 e. The van der Waals surface area contributed by atoms with Gasteiger partial charge in [-0.3, -0.25) is 43.2 Å². The molecule has 8 unspecified atom stereocenters. The molecule has 4 bridgehead atoms. The minimum atomic E-state index is -1.22. The van der Waals surface area contributed by atoms with Crippen molar-refractivity contribution in [1.29, 1.82) is 0 Å². The number of hydrogen-bond acceptors (Lipinski definition) is 11. The van der Waals surface area contributed by atoms with Gasteiger partial charge in [-0.05, 0) is 247 Å². The molecule has 9 aliphatic rings. The van der Waals surface area contributed by atoms with Gasteiger partial charge in [0.1, 0.15) is 3.42 Å². The molecule has 17 heteroatoms. The Morgan fingerprint density at radius 2 is 0.671 bits per heavy atom. The van der Waals surface area contributed by atoms with Gasteiger partial charge in [-0.25, -0.2) is 14.7 Å². The number of carbonyl (C=O) groups excluding carboxylic acids is 9. The summed E-state index contributed by atoms with van der Waals surface area (Å²) in [4.78, 5) is 129. The predicted molar refractivity (Wildman–Crippen MR) is 579 cm³/mol. The summed E-state index contributed by atoms with van der Waals surface area (Å²) in [5, 5.41) is 0. The fourth-order valence-corrected chi connectivity index (χ4v) is 25.3. The van der Waals surface area contributed by atoms with Crippen molar-refractivity contribution in [2.75, 3.05) is 47.5 Å². The summed E-state index contributed by atoms with van der Waals surface area (Å²) in [7, 11) is 0. The number of alkyl halides is 1. The van der Waals surface area contributed by atoms with Gasteiger partial charge in [-0.2, -0.15) is 0 Å². The molecule has 4 fully saturated rings. The van der Waals surface area contributed by atoms with Gasteiger partial charge in [-0.1, -0.05) is 384 Å². The summed E-state index contributed by atoms with van der Waals surface area (Å²) in [6.07, 6.45) is 3.90. The average Bonchev–Trinajstić information content (AvgIpc) is 1.43. The molecule has 140 heavy (non-hydrogen) atoms. The average molecular weight is 2080 g/mol. The Bertz CT molecular complexity index is 6830. The van der Waals surface area contributed by atoms with Crippen LogP contribution in [0.1, 0.15) is 149 Å². The number of ether oxygens (including phenoxy) is 1. The van der Waals surface area contributed by atoms with Crippen molar-refractivity contribution < 1.29 is 54.0 Å². The van der Waals surface area contributed by atoms with Gasteiger partial charge in [0.2, 0.25) is 5.91 Å². The predicted octanol–water partition coefficient (Wildman–Crippen LogP) is 26.8. The van der Waals surface area contributed by atoms with Crippen LogP contribution in [0.5, 0.6) is 0 Å². The SMILES string of the molecule is C.C1CCOC1.CC12C(=O)C(C)(C(c3ccccc3)=C1c1ccccc1)C1(I)C(=O)N(c3ccccc3)C(=O)C21.CC1=C(c2ccccc2)C2(c3ccccc3)C3(C)C(=O)C(C)(C(c4ccccc4)=C3c3ccccc3)C2(C)C1=O.CCN(CC)CC.Cc1c2c(c(C)c(-c3ccccc3)c1-c1ccccc1)C(=O)N(c1ccccc1)C2=O.O=C1C=C(I)C(=O)N1c1ccccc1.[2HH].[C-]#[O+].c1ccccc1. The van der Waals surface area contributed by atoms with E-state index in [4.69, 9.17) is 9.39 Å². The molecule has 0 radical (unpaired) electrons. The van der Waals surface area contributed by atoms with Gasteiger partial charge in [0.05, 0.1) is 70.2 Å². The first-order chi connectivity index (χ1) is 67.2. The minimum absolute atomic E-state index is 0. The first-order valence-corrected chi connectivity index (χ1v) is 49.2. The van der Waals surface area contributed by atoms with E-state index in [9.17, 15) is 38.4 Å². The molecule has 708 valence electrons. The number of amides is 6.